The van der Waals surface area contributed by atoms with Gasteiger partial charge in [0.25, 0.3) is 0 Å². The van der Waals surface area contributed by atoms with Crippen LogP contribution in [0.5, 0.6) is 5.75 Å². The zero-order valence-electron chi connectivity index (χ0n) is 14.0. The number of fused-ring (bicyclic) bond motifs is 1. The van der Waals surface area contributed by atoms with Crippen molar-refractivity contribution in [3.63, 3.8) is 0 Å². The Balaban J connectivity index is 1.56. The second kappa shape index (κ2) is 8.36. The lowest BCUT2D eigenvalue weighted by Crippen LogP contribution is -2.35. The summed E-state index contributed by atoms with van der Waals surface area (Å²) in [5, 5.41) is 6.03. The zero-order valence-corrected chi connectivity index (χ0v) is 14.7. The molecule has 0 radical (unpaired) electrons. The first-order valence-corrected chi connectivity index (χ1v) is 8.76. The van der Waals surface area contributed by atoms with Crippen molar-refractivity contribution in [2.24, 2.45) is 0 Å². The first-order chi connectivity index (χ1) is 12.5. The summed E-state index contributed by atoms with van der Waals surface area (Å²) in [6.07, 6.45) is 2.98. The number of hydrogen-bond donors (Lipinski definition) is 2. The van der Waals surface area contributed by atoms with Crippen LogP contribution in [-0.4, -0.2) is 19.1 Å². The summed E-state index contributed by atoms with van der Waals surface area (Å²) in [4.78, 5) is 12.3. The Kier molecular flexibility index (Phi) is 5.93. The molecule has 0 saturated carbocycles. The highest BCUT2D eigenvalue weighted by Crippen LogP contribution is 2.30. The lowest BCUT2D eigenvalue weighted by Gasteiger charge is -2.26. The van der Waals surface area contributed by atoms with Crippen LogP contribution in [0.2, 0.25) is 5.02 Å². The fourth-order valence-corrected chi connectivity index (χ4v) is 3.36. The van der Waals surface area contributed by atoms with E-state index in [0.717, 1.165) is 19.3 Å². The van der Waals surface area contributed by atoms with Crippen LogP contribution in [0.3, 0.4) is 0 Å². The molecule has 0 unspecified atom stereocenters. The van der Waals surface area contributed by atoms with E-state index in [1.807, 2.05) is 18.2 Å². The van der Waals surface area contributed by atoms with Gasteiger partial charge in [-0.25, -0.2) is 0 Å². The SMILES string of the molecule is O=C(CNc1ccc(OC(F)F)c(Cl)c1)N[C@H]1CCCc2ccccc21. The minimum absolute atomic E-state index is 0.0136. The summed E-state index contributed by atoms with van der Waals surface area (Å²) < 4.78 is 28.8. The fraction of sp³-hybridized carbons (Fsp3) is 0.316. The summed E-state index contributed by atoms with van der Waals surface area (Å²) in [7, 11) is 0. The third kappa shape index (κ3) is 4.64. The van der Waals surface area contributed by atoms with Crippen LogP contribution in [0, 0.1) is 0 Å². The predicted molar refractivity (Wildman–Crippen MR) is 96.8 cm³/mol. The maximum Gasteiger partial charge on any atom is 0.387 e. The van der Waals surface area contributed by atoms with Gasteiger partial charge in [-0.05, 0) is 48.6 Å². The molecule has 0 aliphatic heterocycles. The van der Waals surface area contributed by atoms with Crippen molar-refractivity contribution in [3.8, 4) is 5.75 Å². The maximum atomic E-state index is 12.3. The average Bonchev–Trinajstić information content (AvgIpc) is 2.62. The van der Waals surface area contributed by atoms with Gasteiger partial charge in [0, 0.05) is 5.69 Å². The summed E-state index contributed by atoms with van der Waals surface area (Å²) in [6.45, 7) is -2.88. The molecule has 26 heavy (non-hydrogen) atoms. The Labute approximate surface area is 155 Å². The molecule has 3 rings (SSSR count). The Bertz CT molecular complexity index is 786. The molecule has 0 bridgehead atoms. The molecular weight excluding hydrogens is 362 g/mol. The molecule has 2 aromatic carbocycles. The standard InChI is InChI=1S/C19H19ClF2N2O2/c20-15-10-13(8-9-17(15)26-19(21)22)23-11-18(25)24-16-7-3-5-12-4-1-2-6-14(12)16/h1-2,4,6,8-10,16,19,23H,3,5,7,11H2,(H,24,25)/t16-/m0/s1. The number of alkyl halides is 2. The normalized spacial score (nSPS) is 16.1. The molecule has 1 aliphatic rings. The number of carbonyl (C=O) groups is 1. The Hall–Kier alpha value is -2.34. The molecule has 0 heterocycles. The average molecular weight is 381 g/mol. The van der Waals surface area contributed by atoms with Gasteiger partial charge in [0.05, 0.1) is 17.6 Å². The molecule has 0 saturated heterocycles. The van der Waals surface area contributed by atoms with Crippen LogP contribution in [0.4, 0.5) is 14.5 Å². The third-order valence-corrected chi connectivity index (χ3v) is 4.60. The number of rotatable bonds is 6. The number of amides is 1. The molecule has 2 aromatic rings. The van der Waals surface area contributed by atoms with Gasteiger partial charge in [-0.3, -0.25) is 4.79 Å². The summed E-state index contributed by atoms with van der Waals surface area (Å²) in [5.41, 5.74) is 3.00. The van der Waals surface area contributed by atoms with Crippen LogP contribution >= 0.6 is 11.6 Å². The summed E-state index contributed by atoms with van der Waals surface area (Å²) >= 11 is 5.90. The maximum absolute atomic E-state index is 12.3. The molecule has 7 heteroatoms. The van der Waals surface area contributed by atoms with Crippen molar-refractivity contribution >= 4 is 23.2 Å². The van der Waals surface area contributed by atoms with Crippen molar-refractivity contribution in [1.82, 2.24) is 5.32 Å². The van der Waals surface area contributed by atoms with E-state index in [-0.39, 0.29) is 29.3 Å². The first kappa shape index (κ1) is 18.5. The van der Waals surface area contributed by atoms with Crippen LogP contribution in [-0.2, 0) is 11.2 Å². The molecule has 1 amide bonds. The Morgan fingerprint density at radius 2 is 2.08 bits per heavy atom. The molecule has 138 valence electrons. The molecule has 1 aliphatic carbocycles. The molecule has 2 N–H and O–H groups in total. The van der Waals surface area contributed by atoms with Crippen molar-refractivity contribution in [1.29, 1.82) is 0 Å². The minimum atomic E-state index is -2.93. The largest absolute Gasteiger partial charge is 0.433 e. The van der Waals surface area contributed by atoms with Gasteiger partial charge in [0.1, 0.15) is 5.75 Å². The monoisotopic (exact) mass is 380 g/mol. The van der Waals surface area contributed by atoms with Gasteiger partial charge in [-0.1, -0.05) is 35.9 Å². The van der Waals surface area contributed by atoms with Gasteiger partial charge in [0.2, 0.25) is 5.91 Å². The fourth-order valence-electron chi connectivity index (χ4n) is 3.13. The van der Waals surface area contributed by atoms with Crippen molar-refractivity contribution in [2.45, 2.75) is 31.9 Å². The minimum Gasteiger partial charge on any atom is -0.433 e. The molecule has 1 atom stereocenters. The van der Waals surface area contributed by atoms with Gasteiger partial charge < -0.3 is 15.4 Å². The van der Waals surface area contributed by atoms with E-state index < -0.39 is 6.61 Å². The number of nitrogens with one attached hydrogen (secondary N) is 2. The van der Waals surface area contributed by atoms with E-state index in [0.29, 0.717) is 5.69 Å². The van der Waals surface area contributed by atoms with E-state index in [1.54, 1.807) is 0 Å². The number of hydrogen-bond acceptors (Lipinski definition) is 3. The number of anilines is 1. The van der Waals surface area contributed by atoms with Crippen LogP contribution in [0.15, 0.2) is 42.5 Å². The summed E-state index contributed by atoms with van der Waals surface area (Å²) in [6, 6.07) is 12.5. The quantitative estimate of drug-likeness (QED) is 0.773. The number of benzene rings is 2. The molecule has 4 nitrogen and oxygen atoms in total. The lowest BCUT2D eigenvalue weighted by atomic mass is 9.88. The summed E-state index contributed by atoms with van der Waals surface area (Å²) in [5.74, 6) is -0.244. The number of aryl methyl sites for hydroxylation is 1. The van der Waals surface area contributed by atoms with Gasteiger partial charge in [-0.15, -0.1) is 0 Å². The van der Waals surface area contributed by atoms with E-state index >= 15 is 0 Å². The van der Waals surface area contributed by atoms with Crippen LogP contribution in [0.25, 0.3) is 0 Å². The van der Waals surface area contributed by atoms with Gasteiger partial charge in [-0.2, -0.15) is 8.78 Å². The second-order valence-electron chi connectivity index (χ2n) is 6.09. The second-order valence-corrected chi connectivity index (χ2v) is 6.50. The van der Waals surface area contributed by atoms with Crippen LogP contribution < -0.4 is 15.4 Å². The highest BCUT2D eigenvalue weighted by molar-refractivity contribution is 6.32. The zero-order chi connectivity index (χ0) is 18.5. The van der Waals surface area contributed by atoms with E-state index in [2.05, 4.69) is 21.4 Å². The van der Waals surface area contributed by atoms with Crippen molar-refractivity contribution in [3.05, 3.63) is 58.6 Å². The molecular formula is C19H19ClF2N2O2. The Morgan fingerprint density at radius 3 is 2.85 bits per heavy atom. The molecule has 0 spiro atoms. The number of carbonyl (C=O) groups excluding carboxylic acids is 1. The highest BCUT2D eigenvalue weighted by Gasteiger charge is 2.21. The predicted octanol–water partition coefficient (Wildman–Crippen LogP) is 4.55. The number of ether oxygens (including phenoxy) is 1. The van der Waals surface area contributed by atoms with Gasteiger partial charge in [0.15, 0.2) is 0 Å². The van der Waals surface area contributed by atoms with Crippen molar-refractivity contribution < 1.29 is 18.3 Å². The highest BCUT2D eigenvalue weighted by atomic mass is 35.5. The first-order valence-electron chi connectivity index (χ1n) is 8.38. The van der Waals surface area contributed by atoms with Gasteiger partial charge >= 0.3 is 6.61 Å². The van der Waals surface area contributed by atoms with E-state index in [4.69, 9.17) is 11.6 Å². The topological polar surface area (TPSA) is 50.4 Å². The number of halogens is 3. The van der Waals surface area contributed by atoms with Crippen molar-refractivity contribution in [2.75, 3.05) is 11.9 Å². The third-order valence-electron chi connectivity index (χ3n) is 4.31. The van der Waals surface area contributed by atoms with E-state index in [1.165, 1.54) is 29.3 Å². The molecule has 0 fully saturated rings. The van der Waals surface area contributed by atoms with E-state index in [9.17, 15) is 13.6 Å². The lowest BCUT2D eigenvalue weighted by molar-refractivity contribution is -0.120. The Morgan fingerprint density at radius 1 is 1.27 bits per heavy atom. The van der Waals surface area contributed by atoms with Crippen LogP contribution in [0.1, 0.15) is 30.0 Å². The molecule has 0 aromatic heterocycles. The smallest absolute Gasteiger partial charge is 0.387 e.